The molecule has 1 aromatic heterocycles. The summed E-state index contributed by atoms with van der Waals surface area (Å²) < 4.78 is 0. The molecule has 0 aliphatic carbocycles. The molecule has 1 heteroatoms. The molecule has 0 aliphatic heterocycles. The molecule has 0 amide bonds. The van der Waals surface area contributed by atoms with E-state index in [-0.39, 0.29) is 0 Å². The van der Waals surface area contributed by atoms with Gasteiger partial charge in [0.05, 0.1) is 0 Å². The van der Waals surface area contributed by atoms with Gasteiger partial charge in [-0.15, -0.1) is 0 Å². The fraction of sp³-hybridized carbons (Fsp3) is 0.200. The van der Waals surface area contributed by atoms with Crippen LogP contribution in [0.1, 0.15) is 30.2 Å². The lowest BCUT2D eigenvalue weighted by Crippen LogP contribution is -1.88. The molecule has 0 fully saturated rings. The molecule has 21 heavy (non-hydrogen) atoms. The van der Waals surface area contributed by atoms with Crippen LogP contribution in [0.5, 0.6) is 0 Å². The summed E-state index contributed by atoms with van der Waals surface area (Å²) in [6, 6.07) is 23.6. The third kappa shape index (κ3) is 3.25. The summed E-state index contributed by atoms with van der Waals surface area (Å²) in [5.41, 5.74) is 6.63. The maximum Gasteiger partial charge on any atom is 0.0488 e. The zero-order valence-corrected chi connectivity index (χ0v) is 12.5. The standard InChI is InChI=1S/C20H21N/c1-2-9-18-15-19(14-16-10-5-3-6-11-16)21-20(18)17-12-7-4-8-13-17/h3-8,10-13,15,21H,2,9,14H2,1H3. The van der Waals surface area contributed by atoms with Gasteiger partial charge < -0.3 is 4.98 Å². The minimum Gasteiger partial charge on any atom is -0.358 e. The first-order chi connectivity index (χ1) is 10.4. The van der Waals surface area contributed by atoms with E-state index in [0.717, 1.165) is 12.8 Å². The van der Waals surface area contributed by atoms with Crippen molar-refractivity contribution in [1.29, 1.82) is 0 Å². The third-order valence-electron chi connectivity index (χ3n) is 3.77. The summed E-state index contributed by atoms with van der Waals surface area (Å²) in [5.74, 6) is 0. The molecule has 2 aromatic carbocycles. The number of hydrogen-bond acceptors (Lipinski definition) is 0. The van der Waals surface area contributed by atoms with E-state index >= 15 is 0 Å². The predicted octanol–water partition coefficient (Wildman–Crippen LogP) is 5.23. The molecule has 3 aromatic rings. The van der Waals surface area contributed by atoms with E-state index in [1.165, 1.54) is 34.5 Å². The van der Waals surface area contributed by atoms with Crippen molar-refractivity contribution in [3.63, 3.8) is 0 Å². The molecule has 0 aliphatic rings. The Kier molecular flexibility index (Phi) is 4.20. The van der Waals surface area contributed by atoms with Crippen molar-refractivity contribution < 1.29 is 0 Å². The Balaban J connectivity index is 1.93. The van der Waals surface area contributed by atoms with Gasteiger partial charge in [-0.1, -0.05) is 74.0 Å². The van der Waals surface area contributed by atoms with Gasteiger partial charge >= 0.3 is 0 Å². The van der Waals surface area contributed by atoms with E-state index in [2.05, 4.69) is 78.6 Å². The van der Waals surface area contributed by atoms with Crippen molar-refractivity contribution >= 4 is 0 Å². The zero-order valence-electron chi connectivity index (χ0n) is 12.5. The average Bonchev–Trinajstić information content (AvgIpc) is 2.92. The predicted molar refractivity (Wildman–Crippen MR) is 89.5 cm³/mol. The van der Waals surface area contributed by atoms with E-state index in [0.29, 0.717) is 0 Å². The SMILES string of the molecule is CCCc1cc(Cc2ccccc2)[nH]c1-c1ccccc1. The van der Waals surface area contributed by atoms with Crippen molar-refractivity contribution in [2.75, 3.05) is 0 Å². The Bertz CT molecular complexity index is 680. The fourth-order valence-electron chi connectivity index (χ4n) is 2.80. The van der Waals surface area contributed by atoms with Gasteiger partial charge in [-0.25, -0.2) is 0 Å². The monoisotopic (exact) mass is 275 g/mol. The molecule has 0 spiro atoms. The smallest absolute Gasteiger partial charge is 0.0488 e. The lowest BCUT2D eigenvalue weighted by Gasteiger charge is -2.02. The van der Waals surface area contributed by atoms with Gasteiger partial charge in [0.15, 0.2) is 0 Å². The number of H-pyrrole nitrogens is 1. The molecule has 0 radical (unpaired) electrons. The lowest BCUT2D eigenvalue weighted by atomic mass is 10.0. The van der Waals surface area contributed by atoms with E-state index in [1.54, 1.807) is 0 Å². The molecular formula is C20H21N. The topological polar surface area (TPSA) is 15.8 Å². The first kappa shape index (κ1) is 13.7. The third-order valence-corrected chi connectivity index (χ3v) is 3.77. The van der Waals surface area contributed by atoms with Crippen LogP contribution in [0, 0.1) is 0 Å². The van der Waals surface area contributed by atoms with Crippen LogP contribution in [0.4, 0.5) is 0 Å². The second kappa shape index (κ2) is 6.45. The molecule has 1 heterocycles. The Labute approximate surface area is 126 Å². The normalized spacial score (nSPS) is 10.7. The first-order valence-corrected chi connectivity index (χ1v) is 7.67. The average molecular weight is 275 g/mol. The Morgan fingerprint density at radius 3 is 2.19 bits per heavy atom. The number of aromatic nitrogens is 1. The van der Waals surface area contributed by atoms with Crippen LogP contribution >= 0.6 is 0 Å². The van der Waals surface area contributed by atoms with Gasteiger partial charge in [0, 0.05) is 17.8 Å². The molecule has 1 N–H and O–H groups in total. The quantitative estimate of drug-likeness (QED) is 0.656. The minimum atomic E-state index is 0.963. The highest BCUT2D eigenvalue weighted by Crippen LogP contribution is 2.26. The Morgan fingerprint density at radius 2 is 1.52 bits per heavy atom. The lowest BCUT2D eigenvalue weighted by molar-refractivity contribution is 0.925. The molecule has 0 bridgehead atoms. The highest BCUT2D eigenvalue weighted by Gasteiger charge is 2.09. The highest BCUT2D eigenvalue weighted by atomic mass is 14.7. The second-order valence-electron chi connectivity index (χ2n) is 5.47. The summed E-state index contributed by atoms with van der Waals surface area (Å²) in [5, 5.41) is 0. The molecule has 0 saturated heterocycles. The maximum absolute atomic E-state index is 3.63. The van der Waals surface area contributed by atoms with Crippen LogP contribution in [0.15, 0.2) is 66.7 Å². The van der Waals surface area contributed by atoms with Crippen LogP contribution in [0.2, 0.25) is 0 Å². The van der Waals surface area contributed by atoms with Crippen molar-refractivity contribution in [1.82, 2.24) is 4.98 Å². The Morgan fingerprint density at radius 1 is 0.857 bits per heavy atom. The van der Waals surface area contributed by atoms with Crippen molar-refractivity contribution in [3.05, 3.63) is 83.6 Å². The van der Waals surface area contributed by atoms with E-state index < -0.39 is 0 Å². The molecule has 3 rings (SSSR count). The summed E-state index contributed by atoms with van der Waals surface area (Å²) in [7, 11) is 0. The van der Waals surface area contributed by atoms with Gasteiger partial charge in [-0.05, 0) is 29.2 Å². The number of rotatable bonds is 5. The number of nitrogens with one attached hydrogen (secondary N) is 1. The summed E-state index contributed by atoms with van der Waals surface area (Å²) in [6.07, 6.45) is 3.25. The number of benzene rings is 2. The minimum absolute atomic E-state index is 0.963. The molecule has 0 unspecified atom stereocenters. The maximum atomic E-state index is 3.63. The van der Waals surface area contributed by atoms with Gasteiger partial charge in [0.2, 0.25) is 0 Å². The van der Waals surface area contributed by atoms with Gasteiger partial charge in [0.1, 0.15) is 0 Å². The molecular weight excluding hydrogens is 254 g/mol. The van der Waals surface area contributed by atoms with E-state index in [4.69, 9.17) is 0 Å². The van der Waals surface area contributed by atoms with Gasteiger partial charge in [-0.2, -0.15) is 0 Å². The number of hydrogen-bond donors (Lipinski definition) is 1. The van der Waals surface area contributed by atoms with Gasteiger partial charge in [-0.3, -0.25) is 0 Å². The van der Waals surface area contributed by atoms with E-state index in [9.17, 15) is 0 Å². The number of aromatic amines is 1. The molecule has 1 nitrogen and oxygen atoms in total. The molecule has 106 valence electrons. The van der Waals surface area contributed by atoms with Crippen molar-refractivity contribution in [2.24, 2.45) is 0 Å². The number of aryl methyl sites for hydroxylation is 1. The van der Waals surface area contributed by atoms with Crippen LogP contribution in [-0.4, -0.2) is 4.98 Å². The fourth-order valence-corrected chi connectivity index (χ4v) is 2.80. The summed E-state index contributed by atoms with van der Waals surface area (Å²) in [6.45, 7) is 2.23. The summed E-state index contributed by atoms with van der Waals surface area (Å²) >= 11 is 0. The van der Waals surface area contributed by atoms with E-state index in [1.807, 2.05) is 0 Å². The van der Waals surface area contributed by atoms with Crippen LogP contribution in [0.3, 0.4) is 0 Å². The molecule has 0 atom stereocenters. The van der Waals surface area contributed by atoms with Gasteiger partial charge in [0.25, 0.3) is 0 Å². The van der Waals surface area contributed by atoms with Crippen LogP contribution in [0.25, 0.3) is 11.3 Å². The highest BCUT2D eigenvalue weighted by molar-refractivity contribution is 5.64. The molecule has 0 saturated carbocycles. The summed E-state index contributed by atoms with van der Waals surface area (Å²) in [4.78, 5) is 3.63. The van der Waals surface area contributed by atoms with Crippen molar-refractivity contribution in [2.45, 2.75) is 26.2 Å². The first-order valence-electron chi connectivity index (χ1n) is 7.67. The van der Waals surface area contributed by atoms with Crippen LogP contribution < -0.4 is 0 Å². The largest absolute Gasteiger partial charge is 0.358 e. The second-order valence-corrected chi connectivity index (χ2v) is 5.47. The van der Waals surface area contributed by atoms with Crippen molar-refractivity contribution in [3.8, 4) is 11.3 Å². The Hall–Kier alpha value is -2.28. The van der Waals surface area contributed by atoms with Crippen LogP contribution in [-0.2, 0) is 12.8 Å². The zero-order chi connectivity index (χ0) is 14.5.